The van der Waals surface area contributed by atoms with Crippen molar-refractivity contribution in [1.82, 2.24) is 19.6 Å². The zero-order valence-corrected chi connectivity index (χ0v) is 8.69. The maximum Gasteiger partial charge on any atom is 0.350 e. The third kappa shape index (κ3) is 1.60. The first-order valence-electron chi connectivity index (χ1n) is 4.39. The van der Waals surface area contributed by atoms with E-state index in [1.807, 2.05) is 0 Å². The molecule has 8 nitrogen and oxygen atoms in total. The van der Waals surface area contributed by atoms with Gasteiger partial charge >= 0.3 is 11.6 Å². The van der Waals surface area contributed by atoms with E-state index in [0.29, 0.717) is 5.69 Å². The number of rotatable bonds is 3. The fourth-order valence-electron chi connectivity index (χ4n) is 1.28. The molecule has 0 aliphatic rings. The van der Waals surface area contributed by atoms with Crippen LogP contribution in [0.3, 0.4) is 0 Å². The van der Waals surface area contributed by atoms with Crippen molar-refractivity contribution in [3.63, 3.8) is 0 Å². The van der Waals surface area contributed by atoms with E-state index in [-0.39, 0.29) is 11.6 Å². The monoisotopic (exact) mass is 223 g/mol. The molecule has 2 heterocycles. The SMILES string of the molecule is COc1nn(-c2cnn(C)c2)cc1[N+](=O)[O-]. The second-order valence-electron chi connectivity index (χ2n) is 3.10. The van der Waals surface area contributed by atoms with Gasteiger partial charge in [-0.3, -0.25) is 14.8 Å². The number of aryl methyl sites for hydroxylation is 1. The van der Waals surface area contributed by atoms with Crippen LogP contribution in [-0.4, -0.2) is 31.6 Å². The van der Waals surface area contributed by atoms with Crippen LogP contribution in [0.2, 0.25) is 0 Å². The first-order chi connectivity index (χ1) is 7.61. The Morgan fingerprint density at radius 2 is 2.25 bits per heavy atom. The summed E-state index contributed by atoms with van der Waals surface area (Å²) < 4.78 is 7.74. The summed E-state index contributed by atoms with van der Waals surface area (Å²) in [5.41, 5.74) is 0.459. The van der Waals surface area contributed by atoms with Crippen LogP contribution < -0.4 is 4.74 Å². The highest BCUT2D eigenvalue weighted by atomic mass is 16.6. The predicted molar refractivity (Wildman–Crippen MR) is 53.5 cm³/mol. The predicted octanol–water partition coefficient (Wildman–Crippen LogP) is 0.523. The van der Waals surface area contributed by atoms with Crippen molar-refractivity contribution >= 4 is 5.69 Å². The molecule has 0 atom stereocenters. The molecule has 2 rings (SSSR count). The number of aromatic nitrogens is 4. The average molecular weight is 223 g/mol. The highest BCUT2D eigenvalue weighted by molar-refractivity contribution is 5.41. The molecule has 0 bridgehead atoms. The lowest BCUT2D eigenvalue weighted by atomic mass is 10.5. The number of hydrogen-bond donors (Lipinski definition) is 0. The highest BCUT2D eigenvalue weighted by Crippen LogP contribution is 2.25. The standard InChI is InChI=1S/C8H9N5O3/c1-11-4-6(3-9-11)12-5-7(13(14)15)8(10-12)16-2/h3-5H,1-2H3. The van der Waals surface area contributed by atoms with Crippen LogP contribution in [0, 0.1) is 10.1 Å². The van der Waals surface area contributed by atoms with E-state index in [0.717, 1.165) is 0 Å². The minimum absolute atomic E-state index is 0.0196. The van der Waals surface area contributed by atoms with Crippen LogP contribution in [-0.2, 0) is 7.05 Å². The van der Waals surface area contributed by atoms with E-state index in [2.05, 4.69) is 10.2 Å². The second kappa shape index (κ2) is 3.65. The fourth-order valence-corrected chi connectivity index (χ4v) is 1.28. The maximum atomic E-state index is 10.7. The van der Waals surface area contributed by atoms with Crippen molar-refractivity contribution in [2.45, 2.75) is 0 Å². The Morgan fingerprint density at radius 3 is 2.69 bits per heavy atom. The molecule has 0 N–H and O–H groups in total. The van der Waals surface area contributed by atoms with Gasteiger partial charge < -0.3 is 4.74 Å². The molecule has 0 saturated heterocycles. The van der Waals surface area contributed by atoms with E-state index in [1.54, 1.807) is 24.1 Å². The van der Waals surface area contributed by atoms with Gasteiger partial charge in [-0.25, -0.2) is 4.68 Å². The van der Waals surface area contributed by atoms with Crippen LogP contribution in [0.4, 0.5) is 5.69 Å². The molecule has 2 aromatic heterocycles. The minimum Gasteiger partial charge on any atom is -0.475 e. The van der Waals surface area contributed by atoms with Crippen molar-refractivity contribution in [2.75, 3.05) is 7.11 Å². The Balaban J connectivity index is 2.47. The molecule has 0 radical (unpaired) electrons. The smallest absolute Gasteiger partial charge is 0.350 e. The van der Waals surface area contributed by atoms with E-state index in [4.69, 9.17) is 4.74 Å². The second-order valence-corrected chi connectivity index (χ2v) is 3.10. The summed E-state index contributed by atoms with van der Waals surface area (Å²) in [4.78, 5) is 10.1. The fraction of sp³-hybridized carbons (Fsp3) is 0.250. The van der Waals surface area contributed by atoms with Crippen molar-refractivity contribution in [1.29, 1.82) is 0 Å². The maximum absolute atomic E-state index is 10.7. The lowest BCUT2D eigenvalue weighted by Crippen LogP contribution is -1.93. The molecule has 0 aromatic carbocycles. The van der Waals surface area contributed by atoms with Crippen LogP contribution >= 0.6 is 0 Å². The van der Waals surface area contributed by atoms with E-state index >= 15 is 0 Å². The molecule has 0 spiro atoms. The van der Waals surface area contributed by atoms with Gasteiger partial charge in [-0.2, -0.15) is 5.10 Å². The van der Waals surface area contributed by atoms with Crippen molar-refractivity contribution in [2.24, 2.45) is 7.05 Å². The van der Waals surface area contributed by atoms with Gasteiger partial charge in [-0.05, 0) is 0 Å². The van der Waals surface area contributed by atoms with Crippen LogP contribution in [0.25, 0.3) is 5.69 Å². The number of ether oxygens (including phenoxy) is 1. The normalized spacial score (nSPS) is 10.4. The third-order valence-corrected chi connectivity index (χ3v) is 2.01. The number of nitro groups is 1. The van der Waals surface area contributed by atoms with Gasteiger partial charge in [-0.15, -0.1) is 5.10 Å². The number of methoxy groups -OCH3 is 1. The molecule has 8 heteroatoms. The molecule has 0 amide bonds. The average Bonchev–Trinajstić information content (AvgIpc) is 2.82. The molecule has 0 fully saturated rings. The lowest BCUT2D eigenvalue weighted by Gasteiger charge is -1.92. The zero-order valence-electron chi connectivity index (χ0n) is 8.69. The van der Waals surface area contributed by atoms with Gasteiger partial charge in [0.25, 0.3) is 0 Å². The van der Waals surface area contributed by atoms with Gasteiger partial charge in [0.05, 0.1) is 24.4 Å². The summed E-state index contributed by atoms with van der Waals surface area (Å²) in [6, 6.07) is 0. The van der Waals surface area contributed by atoms with Gasteiger partial charge in [0, 0.05) is 7.05 Å². The van der Waals surface area contributed by atoms with Crippen molar-refractivity contribution in [3.05, 3.63) is 28.7 Å². The summed E-state index contributed by atoms with van der Waals surface area (Å²) in [6.07, 6.45) is 4.53. The Morgan fingerprint density at radius 1 is 1.50 bits per heavy atom. The molecule has 2 aromatic rings. The summed E-state index contributed by atoms with van der Waals surface area (Å²) in [7, 11) is 3.08. The van der Waals surface area contributed by atoms with Crippen molar-refractivity contribution < 1.29 is 9.66 Å². The molecule has 0 aliphatic heterocycles. The topological polar surface area (TPSA) is 88.0 Å². The molecule has 0 aliphatic carbocycles. The van der Waals surface area contributed by atoms with Crippen LogP contribution in [0.1, 0.15) is 0 Å². The van der Waals surface area contributed by atoms with Gasteiger partial charge in [-0.1, -0.05) is 0 Å². The molecule has 0 unspecified atom stereocenters. The highest BCUT2D eigenvalue weighted by Gasteiger charge is 2.21. The molecule has 0 saturated carbocycles. The molecule has 84 valence electrons. The Hall–Kier alpha value is -2.38. The van der Waals surface area contributed by atoms with Gasteiger partial charge in [0.2, 0.25) is 0 Å². The minimum atomic E-state index is -0.543. The summed E-state index contributed by atoms with van der Waals surface area (Å²) in [6.45, 7) is 0. The Kier molecular flexibility index (Phi) is 2.31. The summed E-state index contributed by atoms with van der Waals surface area (Å²) in [5.74, 6) is -0.0196. The first kappa shape index (κ1) is 10.1. The number of hydrogen-bond acceptors (Lipinski definition) is 5. The van der Waals surface area contributed by atoms with Gasteiger partial charge in [0.1, 0.15) is 11.9 Å². The molecular formula is C8H9N5O3. The first-order valence-corrected chi connectivity index (χ1v) is 4.39. The van der Waals surface area contributed by atoms with Crippen molar-refractivity contribution in [3.8, 4) is 11.6 Å². The largest absolute Gasteiger partial charge is 0.475 e. The zero-order chi connectivity index (χ0) is 11.7. The number of nitrogens with zero attached hydrogens (tertiary/aromatic N) is 5. The summed E-state index contributed by atoms with van der Waals surface area (Å²) in [5, 5.41) is 18.6. The quantitative estimate of drug-likeness (QED) is 0.559. The van der Waals surface area contributed by atoms with E-state index in [1.165, 1.54) is 18.0 Å². The van der Waals surface area contributed by atoms with E-state index < -0.39 is 4.92 Å². The Bertz CT molecular complexity index is 530. The van der Waals surface area contributed by atoms with Crippen LogP contribution in [0.5, 0.6) is 5.88 Å². The molecule has 16 heavy (non-hydrogen) atoms. The molecular weight excluding hydrogens is 214 g/mol. The van der Waals surface area contributed by atoms with E-state index in [9.17, 15) is 10.1 Å². The lowest BCUT2D eigenvalue weighted by molar-refractivity contribution is -0.385. The Labute approximate surface area is 90.2 Å². The van der Waals surface area contributed by atoms with Crippen LogP contribution in [0.15, 0.2) is 18.6 Å². The third-order valence-electron chi connectivity index (χ3n) is 2.01. The summed E-state index contributed by atoms with van der Waals surface area (Å²) >= 11 is 0. The van der Waals surface area contributed by atoms with Gasteiger partial charge in [0.15, 0.2) is 0 Å².